The van der Waals surface area contributed by atoms with Crippen LogP contribution in [0.15, 0.2) is 16.9 Å². The molecule has 84 valence electrons. The molecule has 2 atom stereocenters. The van der Waals surface area contributed by atoms with Crippen LogP contribution in [-0.4, -0.2) is 29.1 Å². The van der Waals surface area contributed by atoms with Crippen molar-refractivity contribution in [2.24, 2.45) is 11.7 Å². The molecule has 2 unspecified atom stereocenters. The first-order valence-electron chi connectivity index (χ1n) is 4.92. The predicted molar refractivity (Wildman–Crippen MR) is 55.8 cm³/mol. The highest BCUT2D eigenvalue weighted by molar-refractivity contribution is 5.78. The van der Waals surface area contributed by atoms with Gasteiger partial charge in [-0.15, -0.1) is 0 Å². The summed E-state index contributed by atoms with van der Waals surface area (Å²) in [5, 5.41) is 3.74. The van der Waals surface area contributed by atoms with Crippen molar-refractivity contribution in [1.29, 1.82) is 0 Å². The van der Waals surface area contributed by atoms with Crippen LogP contribution in [0.25, 0.3) is 0 Å². The van der Waals surface area contributed by atoms with E-state index in [9.17, 15) is 4.79 Å². The van der Waals surface area contributed by atoms with Crippen molar-refractivity contribution in [3.8, 4) is 0 Å². The van der Waals surface area contributed by atoms with Gasteiger partial charge < -0.3 is 15.2 Å². The Hall–Kier alpha value is -1.36. The second-order valence-electron chi connectivity index (χ2n) is 3.83. The summed E-state index contributed by atoms with van der Waals surface area (Å²) in [7, 11) is 1.73. The maximum atomic E-state index is 11.8. The minimum absolute atomic E-state index is 0.0213. The molecular formula is C10H17N3O2. The number of carbonyl (C=O) groups is 1. The van der Waals surface area contributed by atoms with Crippen LogP contribution in [0, 0.1) is 5.92 Å². The van der Waals surface area contributed by atoms with Crippen LogP contribution in [0.1, 0.15) is 19.5 Å². The number of rotatable bonds is 4. The Balaban J connectivity index is 2.54. The largest absolute Gasteiger partial charge is 0.364 e. The highest BCUT2D eigenvalue weighted by atomic mass is 16.5. The van der Waals surface area contributed by atoms with Crippen molar-refractivity contribution in [3.63, 3.8) is 0 Å². The Kier molecular flexibility index (Phi) is 3.85. The zero-order valence-corrected chi connectivity index (χ0v) is 9.30. The molecule has 5 nitrogen and oxygen atoms in total. The van der Waals surface area contributed by atoms with Gasteiger partial charge in [0.1, 0.15) is 12.0 Å². The third-order valence-electron chi connectivity index (χ3n) is 2.44. The fourth-order valence-corrected chi connectivity index (χ4v) is 1.21. The fourth-order valence-electron chi connectivity index (χ4n) is 1.21. The monoisotopic (exact) mass is 211 g/mol. The number of nitrogens with zero attached hydrogens (tertiary/aromatic N) is 2. The fraction of sp³-hybridized carbons (Fsp3) is 0.600. The average molecular weight is 211 g/mol. The zero-order valence-electron chi connectivity index (χ0n) is 9.30. The molecule has 1 rings (SSSR count). The molecule has 0 aliphatic carbocycles. The van der Waals surface area contributed by atoms with Gasteiger partial charge in [0.05, 0.1) is 12.5 Å². The third-order valence-corrected chi connectivity index (χ3v) is 2.44. The summed E-state index contributed by atoms with van der Waals surface area (Å²) in [6.07, 6.45) is 1.49. The number of nitrogens with two attached hydrogens (primary N) is 1. The molecule has 0 aromatic carbocycles. The lowest BCUT2D eigenvalue weighted by molar-refractivity contribution is -0.134. The first-order valence-corrected chi connectivity index (χ1v) is 4.92. The van der Waals surface area contributed by atoms with Gasteiger partial charge in [-0.25, -0.2) is 0 Å². The molecular weight excluding hydrogens is 194 g/mol. The summed E-state index contributed by atoms with van der Waals surface area (Å²) in [6, 6.07) is 1.60. The van der Waals surface area contributed by atoms with Crippen LogP contribution in [0.4, 0.5) is 0 Å². The summed E-state index contributed by atoms with van der Waals surface area (Å²) in [4.78, 5) is 13.4. The van der Waals surface area contributed by atoms with Crippen molar-refractivity contribution in [1.82, 2.24) is 10.1 Å². The standard InChI is InChI=1S/C10H17N3O2/c1-7(8(2)11)10(14)13(3)6-9-4-5-15-12-9/h4-5,7-8H,6,11H2,1-3H3. The maximum Gasteiger partial charge on any atom is 0.227 e. The van der Waals surface area contributed by atoms with Crippen molar-refractivity contribution in [3.05, 3.63) is 18.0 Å². The van der Waals surface area contributed by atoms with E-state index < -0.39 is 0 Å². The molecule has 15 heavy (non-hydrogen) atoms. The van der Waals surface area contributed by atoms with Gasteiger partial charge in [-0.3, -0.25) is 4.79 Å². The molecule has 1 amide bonds. The Morgan fingerprint density at radius 1 is 1.67 bits per heavy atom. The van der Waals surface area contributed by atoms with E-state index in [2.05, 4.69) is 5.16 Å². The molecule has 5 heteroatoms. The van der Waals surface area contributed by atoms with Crippen LogP contribution in [0.2, 0.25) is 0 Å². The number of carbonyl (C=O) groups excluding carboxylic acids is 1. The summed E-state index contributed by atoms with van der Waals surface area (Å²) in [5.41, 5.74) is 6.41. The lowest BCUT2D eigenvalue weighted by Gasteiger charge is -2.22. The van der Waals surface area contributed by atoms with Gasteiger partial charge in [0, 0.05) is 19.2 Å². The molecule has 0 saturated heterocycles. The van der Waals surface area contributed by atoms with E-state index in [0.717, 1.165) is 5.69 Å². The molecule has 0 bridgehead atoms. The average Bonchev–Trinajstić information content (AvgIpc) is 2.67. The summed E-state index contributed by atoms with van der Waals surface area (Å²) >= 11 is 0. The van der Waals surface area contributed by atoms with Gasteiger partial charge in [0.2, 0.25) is 5.91 Å². The molecule has 0 spiro atoms. The van der Waals surface area contributed by atoms with E-state index >= 15 is 0 Å². The SMILES string of the molecule is CC(N)C(C)C(=O)N(C)Cc1ccon1. The molecule has 1 aromatic heterocycles. The first kappa shape index (κ1) is 11.7. The van der Waals surface area contributed by atoms with Crippen LogP contribution >= 0.6 is 0 Å². The Labute approximate surface area is 89.2 Å². The van der Waals surface area contributed by atoms with Gasteiger partial charge in [0.15, 0.2) is 0 Å². The normalized spacial score (nSPS) is 14.7. The topological polar surface area (TPSA) is 72.4 Å². The van der Waals surface area contributed by atoms with Crippen molar-refractivity contribution in [2.45, 2.75) is 26.4 Å². The molecule has 0 radical (unpaired) electrons. The molecule has 0 saturated carbocycles. The third kappa shape index (κ3) is 3.06. The quantitative estimate of drug-likeness (QED) is 0.792. The summed E-state index contributed by atoms with van der Waals surface area (Å²) in [5.74, 6) is -0.157. The lowest BCUT2D eigenvalue weighted by Crippen LogP contribution is -2.39. The Morgan fingerprint density at radius 3 is 2.80 bits per heavy atom. The summed E-state index contributed by atoms with van der Waals surface area (Å²) < 4.78 is 4.69. The van der Waals surface area contributed by atoms with Crippen molar-refractivity contribution in [2.75, 3.05) is 7.05 Å². The molecule has 1 aromatic rings. The minimum Gasteiger partial charge on any atom is -0.364 e. The number of hydrogen-bond donors (Lipinski definition) is 1. The van der Waals surface area contributed by atoms with Gasteiger partial charge in [-0.2, -0.15) is 0 Å². The predicted octanol–water partition coefficient (Wildman–Crippen LogP) is 0.616. The van der Waals surface area contributed by atoms with E-state index in [0.29, 0.717) is 6.54 Å². The Morgan fingerprint density at radius 2 is 2.33 bits per heavy atom. The molecule has 0 aliphatic rings. The molecule has 1 heterocycles. The highest BCUT2D eigenvalue weighted by Crippen LogP contribution is 2.07. The smallest absolute Gasteiger partial charge is 0.227 e. The molecule has 2 N–H and O–H groups in total. The number of amides is 1. The molecule has 0 fully saturated rings. The minimum atomic E-state index is -0.179. The lowest BCUT2D eigenvalue weighted by atomic mass is 10.0. The zero-order chi connectivity index (χ0) is 11.4. The number of aromatic nitrogens is 1. The van der Waals surface area contributed by atoms with Crippen LogP contribution in [-0.2, 0) is 11.3 Å². The van der Waals surface area contributed by atoms with E-state index in [1.54, 1.807) is 18.0 Å². The van der Waals surface area contributed by atoms with Crippen molar-refractivity contribution >= 4 is 5.91 Å². The van der Waals surface area contributed by atoms with Gasteiger partial charge >= 0.3 is 0 Å². The van der Waals surface area contributed by atoms with Gasteiger partial charge in [0.25, 0.3) is 0 Å². The molecule has 0 aliphatic heterocycles. The van der Waals surface area contributed by atoms with Crippen LogP contribution in [0.3, 0.4) is 0 Å². The van der Waals surface area contributed by atoms with E-state index in [4.69, 9.17) is 10.3 Å². The Bertz CT molecular complexity index is 308. The van der Waals surface area contributed by atoms with Crippen LogP contribution < -0.4 is 5.73 Å². The van der Waals surface area contributed by atoms with Crippen molar-refractivity contribution < 1.29 is 9.32 Å². The van der Waals surface area contributed by atoms with E-state index in [1.165, 1.54) is 6.26 Å². The van der Waals surface area contributed by atoms with E-state index in [1.807, 2.05) is 13.8 Å². The highest BCUT2D eigenvalue weighted by Gasteiger charge is 2.21. The van der Waals surface area contributed by atoms with Gasteiger partial charge in [-0.05, 0) is 6.92 Å². The van der Waals surface area contributed by atoms with Gasteiger partial charge in [-0.1, -0.05) is 12.1 Å². The second kappa shape index (κ2) is 4.93. The van der Waals surface area contributed by atoms with E-state index in [-0.39, 0.29) is 17.9 Å². The van der Waals surface area contributed by atoms with Crippen LogP contribution in [0.5, 0.6) is 0 Å². The number of hydrogen-bond acceptors (Lipinski definition) is 4. The first-order chi connectivity index (χ1) is 7.02. The summed E-state index contributed by atoms with van der Waals surface area (Å²) in [6.45, 7) is 4.10. The maximum absolute atomic E-state index is 11.8. The second-order valence-corrected chi connectivity index (χ2v) is 3.83.